The maximum atomic E-state index is 11.4. The summed E-state index contributed by atoms with van der Waals surface area (Å²) in [5.74, 6) is 0.863. The molecule has 2 aromatic rings. The van der Waals surface area contributed by atoms with Crippen LogP contribution in [0.1, 0.15) is 6.42 Å². The highest BCUT2D eigenvalue weighted by atomic mass is 16.1. The zero-order valence-electron chi connectivity index (χ0n) is 8.97. The number of hydrogen-bond donors (Lipinski definition) is 1. The predicted octanol–water partition coefficient (Wildman–Crippen LogP) is 1.23. The van der Waals surface area contributed by atoms with Gasteiger partial charge in [0.2, 0.25) is 5.91 Å². The first-order valence-corrected chi connectivity index (χ1v) is 5.23. The van der Waals surface area contributed by atoms with Crippen LogP contribution in [0.5, 0.6) is 0 Å². The number of fused-ring (bicyclic) bond motifs is 1. The first-order valence-electron chi connectivity index (χ1n) is 5.23. The molecule has 0 aliphatic carbocycles. The Morgan fingerprint density at radius 3 is 3.12 bits per heavy atom. The van der Waals surface area contributed by atoms with Gasteiger partial charge in [0, 0.05) is 19.7 Å². The molecule has 16 heavy (non-hydrogen) atoms. The second-order valence-corrected chi connectivity index (χ2v) is 3.93. The Bertz CT molecular complexity index is 552. The standard InChI is InChI=1S/C11H12N4O/c1-14-5-2-3-9(14)8-7-12-15-6-4-10(16)13-11(8)15/h2-3,5,7H,4,6H2,1H3,(H,13,16). The van der Waals surface area contributed by atoms with Crippen LogP contribution in [0.15, 0.2) is 24.5 Å². The van der Waals surface area contributed by atoms with Gasteiger partial charge in [-0.1, -0.05) is 0 Å². The van der Waals surface area contributed by atoms with Crippen molar-refractivity contribution in [2.45, 2.75) is 13.0 Å². The minimum atomic E-state index is 0.0588. The molecule has 2 aromatic heterocycles. The molecule has 1 amide bonds. The van der Waals surface area contributed by atoms with Crippen LogP contribution in [0.2, 0.25) is 0 Å². The van der Waals surface area contributed by atoms with Gasteiger partial charge in [0.1, 0.15) is 5.82 Å². The third kappa shape index (κ3) is 1.25. The molecule has 0 aromatic carbocycles. The maximum absolute atomic E-state index is 11.4. The quantitative estimate of drug-likeness (QED) is 0.779. The van der Waals surface area contributed by atoms with E-state index in [-0.39, 0.29) is 5.91 Å². The molecule has 1 N–H and O–H groups in total. The number of nitrogens with zero attached hydrogens (tertiary/aromatic N) is 3. The highest BCUT2D eigenvalue weighted by molar-refractivity contribution is 5.95. The van der Waals surface area contributed by atoms with Gasteiger partial charge in [-0.2, -0.15) is 5.10 Å². The summed E-state index contributed by atoms with van der Waals surface area (Å²) < 4.78 is 3.85. The second-order valence-electron chi connectivity index (χ2n) is 3.93. The Morgan fingerprint density at radius 1 is 1.50 bits per heavy atom. The third-order valence-corrected chi connectivity index (χ3v) is 2.87. The number of rotatable bonds is 1. The first kappa shape index (κ1) is 9.21. The minimum absolute atomic E-state index is 0.0588. The van der Waals surface area contributed by atoms with Crippen molar-refractivity contribution in [3.8, 4) is 11.3 Å². The van der Waals surface area contributed by atoms with E-state index in [4.69, 9.17) is 0 Å². The van der Waals surface area contributed by atoms with Crippen LogP contribution in [-0.4, -0.2) is 20.3 Å². The maximum Gasteiger partial charge on any atom is 0.227 e. The van der Waals surface area contributed by atoms with Crippen LogP contribution in [0.3, 0.4) is 0 Å². The van der Waals surface area contributed by atoms with E-state index in [1.807, 2.05) is 34.6 Å². The van der Waals surface area contributed by atoms with E-state index >= 15 is 0 Å². The van der Waals surface area contributed by atoms with Crippen molar-refractivity contribution in [2.24, 2.45) is 7.05 Å². The molecule has 1 aliphatic heterocycles. The Hall–Kier alpha value is -2.04. The summed E-state index contributed by atoms with van der Waals surface area (Å²) >= 11 is 0. The minimum Gasteiger partial charge on any atom is -0.350 e. The third-order valence-electron chi connectivity index (χ3n) is 2.87. The van der Waals surface area contributed by atoms with Crippen LogP contribution < -0.4 is 5.32 Å². The lowest BCUT2D eigenvalue weighted by Gasteiger charge is -2.15. The van der Waals surface area contributed by atoms with Crippen LogP contribution in [0, 0.1) is 0 Å². The van der Waals surface area contributed by atoms with Gasteiger partial charge >= 0.3 is 0 Å². The van der Waals surface area contributed by atoms with E-state index in [9.17, 15) is 4.79 Å². The summed E-state index contributed by atoms with van der Waals surface area (Å²) in [5.41, 5.74) is 2.03. The van der Waals surface area contributed by atoms with Gasteiger partial charge in [-0.15, -0.1) is 0 Å². The fourth-order valence-corrected chi connectivity index (χ4v) is 2.02. The number of anilines is 1. The van der Waals surface area contributed by atoms with Gasteiger partial charge in [-0.3, -0.25) is 4.79 Å². The van der Waals surface area contributed by atoms with Crippen molar-refractivity contribution in [1.82, 2.24) is 14.3 Å². The van der Waals surface area contributed by atoms with Crippen LogP contribution >= 0.6 is 0 Å². The van der Waals surface area contributed by atoms with Crippen molar-refractivity contribution in [2.75, 3.05) is 5.32 Å². The summed E-state index contributed by atoms with van der Waals surface area (Å²) in [6, 6.07) is 3.99. The molecule has 5 nitrogen and oxygen atoms in total. The summed E-state index contributed by atoms with van der Waals surface area (Å²) in [6.45, 7) is 0.658. The summed E-state index contributed by atoms with van der Waals surface area (Å²) in [7, 11) is 1.98. The number of carbonyl (C=O) groups excluding carboxylic acids is 1. The van der Waals surface area contributed by atoms with Gasteiger partial charge in [-0.25, -0.2) is 4.68 Å². The smallest absolute Gasteiger partial charge is 0.227 e. The predicted molar refractivity (Wildman–Crippen MR) is 59.9 cm³/mol. The molecule has 0 spiro atoms. The number of carbonyl (C=O) groups is 1. The fraction of sp³-hybridized carbons (Fsp3) is 0.273. The Kier molecular flexibility index (Phi) is 1.86. The zero-order chi connectivity index (χ0) is 11.1. The highest BCUT2D eigenvalue weighted by Gasteiger charge is 2.20. The molecule has 0 bridgehead atoms. The molecule has 0 unspecified atom stereocenters. The van der Waals surface area contributed by atoms with Gasteiger partial charge in [-0.05, 0) is 12.1 Å². The number of amides is 1. The lowest BCUT2D eigenvalue weighted by atomic mass is 10.2. The second kappa shape index (κ2) is 3.23. The number of aryl methyl sites for hydroxylation is 2. The summed E-state index contributed by atoms with van der Waals surface area (Å²) in [4.78, 5) is 11.4. The molecule has 0 radical (unpaired) electrons. The molecule has 3 heterocycles. The van der Waals surface area contributed by atoms with Gasteiger partial charge in [0.05, 0.1) is 24.0 Å². The average Bonchev–Trinajstić information content (AvgIpc) is 2.83. The largest absolute Gasteiger partial charge is 0.350 e. The van der Waals surface area contributed by atoms with Gasteiger partial charge < -0.3 is 9.88 Å². The number of nitrogens with one attached hydrogen (secondary N) is 1. The Balaban J connectivity index is 2.13. The summed E-state index contributed by atoms with van der Waals surface area (Å²) in [6.07, 6.45) is 4.28. The molecule has 0 atom stereocenters. The Morgan fingerprint density at radius 2 is 2.38 bits per heavy atom. The van der Waals surface area contributed by atoms with E-state index < -0.39 is 0 Å². The number of hydrogen-bond acceptors (Lipinski definition) is 2. The SMILES string of the molecule is Cn1cccc1-c1cnn2c1NC(=O)CC2. The lowest BCUT2D eigenvalue weighted by molar-refractivity contribution is -0.116. The molecule has 0 saturated heterocycles. The topological polar surface area (TPSA) is 51.9 Å². The van der Waals surface area contributed by atoms with Gasteiger partial charge in [0.15, 0.2) is 0 Å². The molecule has 0 fully saturated rings. The molecule has 3 rings (SSSR count). The molecular formula is C11H12N4O. The monoisotopic (exact) mass is 216 g/mol. The van der Waals surface area contributed by atoms with E-state index in [0.717, 1.165) is 17.1 Å². The van der Waals surface area contributed by atoms with Crippen molar-refractivity contribution >= 4 is 11.7 Å². The lowest BCUT2D eigenvalue weighted by Crippen LogP contribution is -2.23. The fourth-order valence-electron chi connectivity index (χ4n) is 2.02. The van der Waals surface area contributed by atoms with E-state index in [1.165, 1.54) is 0 Å². The molecule has 82 valence electrons. The van der Waals surface area contributed by atoms with Crippen molar-refractivity contribution < 1.29 is 4.79 Å². The Labute approximate surface area is 92.7 Å². The zero-order valence-corrected chi connectivity index (χ0v) is 8.97. The van der Waals surface area contributed by atoms with E-state index in [1.54, 1.807) is 6.20 Å². The van der Waals surface area contributed by atoms with E-state index in [2.05, 4.69) is 10.4 Å². The van der Waals surface area contributed by atoms with Crippen molar-refractivity contribution in [3.05, 3.63) is 24.5 Å². The molecule has 0 saturated carbocycles. The van der Waals surface area contributed by atoms with Crippen molar-refractivity contribution in [3.63, 3.8) is 0 Å². The first-order chi connectivity index (χ1) is 7.75. The van der Waals surface area contributed by atoms with Crippen LogP contribution in [-0.2, 0) is 18.4 Å². The molecule has 5 heteroatoms. The summed E-state index contributed by atoms with van der Waals surface area (Å²) in [5, 5.41) is 7.15. The molecule has 1 aliphatic rings. The average molecular weight is 216 g/mol. The van der Waals surface area contributed by atoms with Crippen LogP contribution in [0.25, 0.3) is 11.3 Å². The van der Waals surface area contributed by atoms with E-state index in [0.29, 0.717) is 13.0 Å². The van der Waals surface area contributed by atoms with Crippen molar-refractivity contribution in [1.29, 1.82) is 0 Å². The highest BCUT2D eigenvalue weighted by Crippen LogP contribution is 2.29. The van der Waals surface area contributed by atoms with Gasteiger partial charge in [0.25, 0.3) is 0 Å². The molecular weight excluding hydrogens is 204 g/mol. The normalized spacial score (nSPS) is 14.7. The van der Waals surface area contributed by atoms with Crippen LogP contribution in [0.4, 0.5) is 5.82 Å². The number of aromatic nitrogens is 3.